The first kappa shape index (κ1) is 27.7. The number of carbonyl (C=O) groups is 2. The van der Waals surface area contributed by atoms with Crippen LogP contribution in [0.4, 0.5) is 5.69 Å². The lowest BCUT2D eigenvalue weighted by molar-refractivity contribution is -0.140. The van der Waals surface area contributed by atoms with Gasteiger partial charge in [-0.3, -0.25) is 13.9 Å². The molecule has 0 aliphatic heterocycles. The topological polar surface area (TPSA) is 86.8 Å². The molecule has 0 heterocycles. The minimum Gasteiger partial charge on any atom is -0.354 e. The van der Waals surface area contributed by atoms with E-state index >= 15 is 0 Å². The number of hydrogen-bond donors (Lipinski definition) is 1. The van der Waals surface area contributed by atoms with Gasteiger partial charge in [-0.15, -0.1) is 0 Å². The molecule has 34 heavy (non-hydrogen) atoms. The van der Waals surface area contributed by atoms with E-state index in [0.717, 1.165) is 21.7 Å². The minimum absolute atomic E-state index is 0.187. The number of benzene rings is 2. The van der Waals surface area contributed by atoms with Crippen LogP contribution in [0.25, 0.3) is 0 Å². The molecule has 0 bridgehead atoms. The summed E-state index contributed by atoms with van der Waals surface area (Å²) in [6.07, 6.45) is 1.43. The summed E-state index contributed by atoms with van der Waals surface area (Å²) in [5.74, 6) is -0.475. The highest BCUT2D eigenvalue weighted by molar-refractivity contribution is 7.92. The van der Waals surface area contributed by atoms with Gasteiger partial charge in [-0.1, -0.05) is 62.7 Å². The molecule has 0 aliphatic carbocycles. The molecule has 0 spiro atoms. The lowest BCUT2D eigenvalue weighted by Gasteiger charge is -2.33. The highest BCUT2D eigenvalue weighted by Gasteiger charge is 2.32. The molecule has 0 radical (unpaired) electrons. The van der Waals surface area contributed by atoms with Crippen molar-refractivity contribution in [1.29, 1.82) is 0 Å². The van der Waals surface area contributed by atoms with Crippen molar-refractivity contribution in [3.05, 3.63) is 64.7 Å². The molecule has 9 heteroatoms. The van der Waals surface area contributed by atoms with Crippen LogP contribution >= 0.6 is 11.6 Å². The Morgan fingerprint density at radius 1 is 1.09 bits per heavy atom. The molecule has 0 saturated heterocycles. The Bertz CT molecular complexity index is 1100. The van der Waals surface area contributed by atoms with Crippen LogP contribution in [0.5, 0.6) is 0 Å². The van der Waals surface area contributed by atoms with Gasteiger partial charge in [0.05, 0.1) is 11.9 Å². The third-order valence-corrected chi connectivity index (χ3v) is 6.82. The quantitative estimate of drug-likeness (QED) is 0.498. The van der Waals surface area contributed by atoms with E-state index in [9.17, 15) is 18.0 Å². The Morgan fingerprint density at radius 2 is 1.76 bits per heavy atom. The largest absolute Gasteiger partial charge is 0.354 e. The molecule has 186 valence electrons. The molecule has 0 aliphatic rings. The van der Waals surface area contributed by atoms with Crippen LogP contribution in [0.15, 0.2) is 48.5 Å². The number of carbonyl (C=O) groups excluding carboxylic acids is 2. The third kappa shape index (κ3) is 7.74. The zero-order valence-corrected chi connectivity index (χ0v) is 22.0. The van der Waals surface area contributed by atoms with E-state index in [4.69, 9.17) is 11.6 Å². The predicted molar refractivity (Wildman–Crippen MR) is 137 cm³/mol. The van der Waals surface area contributed by atoms with Gasteiger partial charge < -0.3 is 10.2 Å². The van der Waals surface area contributed by atoms with E-state index in [-0.39, 0.29) is 24.1 Å². The zero-order valence-electron chi connectivity index (χ0n) is 20.4. The van der Waals surface area contributed by atoms with Crippen molar-refractivity contribution >= 4 is 39.1 Å². The minimum atomic E-state index is -3.79. The maximum Gasteiger partial charge on any atom is 0.244 e. The van der Waals surface area contributed by atoms with Gasteiger partial charge in [0.25, 0.3) is 0 Å². The van der Waals surface area contributed by atoms with Crippen molar-refractivity contribution < 1.29 is 18.0 Å². The number of anilines is 1. The molecular formula is C25H34ClN3O4S. The van der Waals surface area contributed by atoms with Crippen LogP contribution in [0.2, 0.25) is 5.02 Å². The molecule has 0 aromatic heterocycles. The Morgan fingerprint density at radius 3 is 2.32 bits per heavy atom. The number of halogens is 1. The van der Waals surface area contributed by atoms with Gasteiger partial charge in [-0.2, -0.15) is 0 Å². The molecule has 2 amide bonds. The number of hydrogen-bond acceptors (Lipinski definition) is 4. The molecule has 2 aromatic carbocycles. The van der Waals surface area contributed by atoms with E-state index in [2.05, 4.69) is 5.32 Å². The lowest BCUT2D eigenvalue weighted by atomic mass is 10.1. The predicted octanol–water partition coefficient (Wildman–Crippen LogP) is 3.99. The molecule has 1 unspecified atom stereocenters. The first-order valence-electron chi connectivity index (χ1n) is 11.3. The highest BCUT2D eigenvalue weighted by Crippen LogP contribution is 2.23. The standard InChI is InChI=1S/C25H34ClN3O4S/c1-6-23(25(31)27-15-18(2)3)28(16-20-11-8-7-10-19(20)4)24(30)17-29(34(5,32)33)22-13-9-12-21(26)14-22/h7-14,18,23H,6,15-17H2,1-5H3,(H,27,31). The molecule has 0 fully saturated rings. The van der Waals surface area contributed by atoms with Crippen molar-refractivity contribution in [2.45, 2.75) is 46.7 Å². The second-order valence-corrected chi connectivity index (χ2v) is 11.1. The normalized spacial score (nSPS) is 12.3. The maximum atomic E-state index is 13.6. The number of aryl methyl sites for hydroxylation is 1. The van der Waals surface area contributed by atoms with Crippen molar-refractivity contribution in [3.8, 4) is 0 Å². The molecule has 0 saturated carbocycles. The van der Waals surface area contributed by atoms with Crippen LogP contribution in [0, 0.1) is 12.8 Å². The fraction of sp³-hybridized carbons (Fsp3) is 0.440. The monoisotopic (exact) mass is 507 g/mol. The van der Waals surface area contributed by atoms with Gasteiger partial charge in [0.2, 0.25) is 21.8 Å². The summed E-state index contributed by atoms with van der Waals surface area (Å²) in [4.78, 5) is 28.1. The first-order valence-corrected chi connectivity index (χ1v) is 13.5. The van der Waals surface area contributed by atoms with Gasteiger partial charge in [-0.25, -0.2) is 8.42 Å². The van der Waals surface area contributed by atoms with Gasteiger partial charge in [0.15, 0.2) is 0 Å². The van der Waals surface area contributed by atoms with Crippen molar-refractivity contribution in [3.63, 3.8) is 0 Å². The van der Waals surface area contributed by atoms with Gasteiger partial charge in [0.1, 0.15) is 12.6 Å². The molecule has 1 N–H and O–H groups in total. The summed E-state index contributed by atoms with van der Waals surface area (Å²) in [5, 5.41) is 3.27. The fourth-order valence-corrected chi connectivity index (χ4v) is 4.58. The maximum absolute atomic E-state index is 13.6. The van der Waals surface area contributed by atoms with Gasteiger partial charge in [0, 0.05) is 18.1 Å². The van der Waals surface area contributed by atoms with Crippen molar-refractivity contribution in [1.82, 2.24) is 10.2 Å². The second-order valence-electron chi connectivity index (χ2n) is 8.76. The van der Waals surface area contributed by atoms with Crippen LogP contribution in [-0.4, -0.2) is 50.5 Å². The molecule has 1 atom stereocenters. The van der Waals surface area contributed by atoms with E-state index in [0.29, 0.717) is 18.0 Å². The van der Waals surface area contributed by atoms with E-state index in [1.807, 2.05) is 52.0 Å². The van der Waals surface area contributed by atoms with Crippen LogP contribution in [0.1, 0.15) is 38.3 Å². The van der Waals surface area contributed by atoms with E-state index in [1.165, 1.54) is 11.0 Å². The summed E-state index contributed by atoms with van der Waals surface area (Å²) < 4.78 is 26.2. The van der Waals surface area contributed by atoms with Gasteiger partial charge in [-0.05, 0) is 48.6 Å². The summed E-state index contributed by atoms with van der Waals surface area (Å²) in [6, 6.07) is 13.2. The summed E-state index contributed by atoms with van der Waals surface area (Å²) in [5.41, 5.74) is 2.16. The Balaban J connectivity index is 2.43. The average molecular weight is 508 g/mol. The average Bonchev–Trinajstić information content (AvgIpc) is 2.76. The number of amides is 2. The number of sulfonamides is 1. The summed E-state index contributed by atoms with van der Waals surface area (Å²) in [6.45, 7) is 7.99. The molecule has 2 rings (SSSR count). The number of nitrogens with zero attached hydrogens (tertiary/aromatic N) is 2. The van der Waals surface area contributed by atoms with Crippen LogP contribution < -0.4 is 9.62 Å². The van der Waals surface area contributed by atoms with E-state index < -0.39 is 28.5 Å². The molecule has 2 aromatic rings. The summed E-state index contributed by atoms with van der Waals surface area (Å²) >= 11 is 6.07. The molecule has 7 nitrogen and oxygen atoms in total. The van der Waals surface area contributed by atoms with Crippen LogP contribution in [-0.2, 0) is 26.2 Å². The molecular weight excluding hydrogens is 474 g/mol. The smallest absolute Gasteiger partial charge is 0.244 e. The highest BCUT2D eigenvalue weighted by atomic mass is 35.5. The first-order chi connectivity index (χ1) is 15.9. The summed E-state index contributed by atoms with van der Waals surface area (Å²) in [7, 11) is -3.79. The SMILES string of the molecule is CCC(C(=O)NCC(C)C)N(Cc1ccccc1C)C(=O)CN(c1cccc(Cl)c1)S(C)(=O)=O. The van der Waals surface area contributed by atoms with E-state index in [1.54, 1.807) is 18.2 Å². The lowest BCUT2D eigenvalue weighted by Crippen LogP contribution is -2.52. The Hall–Kier alpha value is -2.58. The second kappa shape index (κ2) is 12.2. The Labute approximate surface area is 208 Å². The van der Waals surface area contributed by atoms with Crippen LogP contribution in [0.3, 0.4) is 0 Å². The van der Waals surface area contributed by atoms with Crippen molar-refractivity contribution in [2.24, 2.45) is 5.92 Å². The van der Waals surface area contributed by atoms with Crippen molar-refractivity contribution in [2.75, 3.05) is 23.7 Å². The number of rotatable bonds is 11. The Kier molecular flexibility index (Phi) is 9.94. The third-order valence-electron chi connectivity index (χ3n) is 5.45. The van der Waals surface area contributed by atoms with Gasteiger partial charge >= 0.3 is 0 Å². The number of nitrogens with one attached hydrogen (secondary N) is 1. The zero-order chi connectivity index (χ0) is 25.5. The fourth-order valence-electron chi connectivity index (χ4n) is 3.56.